The quantitative estimate of drug-likeness (QED) is 0.660. The number of nitrogens with one attached hydrogen (secondary N) is 2. The van der Waals surface area contributed by atoms with Crippen molar-refractivity contribution in [3.8, 4) is 0 Å². The molecule has 0 aliphatic carbocycles. The van der Waals surface area contributed by atoms with Crippen LogP contribution < -0.4 is 10.6 Å². The summed E-state index contributed by atoms with van der Waals surface area (Å²) in [6.45, 7) is 5.98. The molecule has 0 unspecified atom stereocenters. The summed E-state index contributed by atoms with van der Waals surface area (Å²) in [6.07, 6.45) is 0.0773. The van der Waals surface area contributed by atoms with Crippen molar-refractivity contribution < 1.29 is 14.3 Å². The highest BCUT2D eigenvalue weighted by molar-refractivity contribution is 7.80. The van der Waals surface area contributed by atoms with E-state index < -0.39 is 5.97 Å². The Kier molecular flexibility index (Phi) is 6.30. The van der Waals surface area contributed by atoms with Gasteiger partial charge in [0.1, 0.15) is 0 Å². The summed E-state index contributed by atoms with van der Waals surface area (Å²) >= 11 is 5.11. The fraction of sp³-hybridized carbons (Fsp3) is 0.400. The van der Waals surface area contributed by atoms with Crippen molar-refractivity contribution in [3.05, 3.63) is 28.8 Å². The van der Waals surface area contributed by atoms with Gasteiger partial charge in [0, 0.05) is 12.1 Å². The fourth-order valence-electron chi connectivity index (χ4n) is 2.03. The molecule has 0 aliphatic rings. The fourth-order valence-corrected chi connectivity index (χ4v) is 2.24. The third-order valence-electron chi connectivity index (χ3n) is 2.95. The molecule has 0 bridgehead atoms. The van der Waals surface area contributed by atoms with Gasteiger partial charge >= 0.3 is 5.97 Å². The van der Waals surface area contributed by atoms with Gasteiger partial charge in [0.2, 0.25) is 5.91 Å². The van der Waals surface area contributed by atoms with Crippen LogP contribution in [0.15, 0.2) is 12.1 Å². The molecule has 0 saturated carbocycles. The van der Waals surface area contributed by atoms with E-state index in [2.05, 4.69) is 15.4 Å². The minimum atomic E-state index is -0.422. The molecule has 0 radical (unpaired) electrons. The summed E-state index contributed by atoms with van der Waals surface area (Å²) in [5.41, 5.74) is 4.17. The standard InChI is InChI=1S/C15H20N2O3S/c1-9-7-10(2)14(11(3)8-9)17-15(21)16-12(18)5-6-13(19)20-4/h7-8H,5-6H2,1-4H3,(H2,16,17,18,21). The van der Waals surface area contributed by atoms with Gasteiger partial charge in [-0.1, -0.05) is 17.7 Å². The molecule has 6 heteroatoms. The molecule has 0 fully saturated rings. The average molecular weight is 308 g/mol. The molecule has 0 aromatic heterocycles. The third-order valence-corrected chi connectivity index (χ3v) is 3.16. The second-order valence-corrected chi connectivity index (χ2v) is 5.26. The molecule has 0 aliphatic heterocycles. The van der Waals surface area contributed by atoms with E-state index in [0.717, 1.165) is 16.8 Å². The van der Waals surface area contributed by atoms with Crippen LogP contribution in [0.3, 0.4) is 0 Å². The Bertz CT molecular complexity index is 547. The Hall–Kier alpha value is -1.95. The van der Waals surface area contributed by atoms with Crippen molar-refractivity contribution in [3.63, 3.8) is 0 Å². The highest BCUT2D eigenvalue weighted by Gasteiger charge is 2.10. The van der Waals surface area contributed by atoms with E-state index in [1.807, 2.05) is 32.9 Å². The van der Waals surface area contributed by atoms with Gasteiger partial charge < -0.3 is 15.4 Å². The lowest BCUT2D eigenvalue weighted by Crippen LogP contribution is -2.34. The lowest BCUT2D eigenvalue weighted by atomic mass is 10.1. The maximum atomic E-state index is 11.6. The number of amides is 1. The normalized spacial score (nSPS) is 9.90. The van der Waals surface area contributed by atoms with Crippen LogP contribution in [0.4, 0.5) is 5.69 Å². The smallest absolute Gasteiger partial charge is 0.306 e. The first-order chi connectivity index (χ1) is 9.83. The summed E-state index contributed by atoms with van der Waals surface area (Å²) in [4.78, 5) is 22.6. The number of carbonyl (C=O) groups is 2. The molecular formula is C15H20N2O3S. The molecule has 0 heterocycles. The van der Waals surface area contributed by atoms with Crippen LogP contribution in [0.25, 0.3) is 0 Å². The lowest BCUT2D eigenvalue weighted by Gasteiger charge is -2.15. The van der Waals surface area contributed by atoms with E-state index in [1.54, 1.807) is 0 Å². The maximum absolute atomic E-state index is 11.6. The zero-order valence-electron chi connectivity index (χ0n) is 12.7. The molecule has 0 spiro atoms. The molecule has 0 atom stereocenters. The number of aryl methyl sites for hydroxylation is 3. The van der Waals surface area contributed by atoms with E-state index in [9.17, 15) is 9.59 Å². The minimum absolute atomic E-state index is 0.0353. The number of ether oxygens (including phenoxy) is 1. The number of rotatable bonds is 4. The number of carbonyl (C=O) groups excluding carboxylic acids is 2. The first-order valence-electron chi connectivity index (χ1n) is 6.59. The highest BCUT2D eigenvalue weighted by atomic mass is 32.1. The number of anilines is 1. The molecule has 114 valence electrons. The van der Waals surface area contributed by atoms with Crippen molar-refractivity contribution in [2.75, 3.05) is 12.4 Å². The van der Waals surface area contributed by atoms with E-state index in [4.69, 9.17) is 12.2 Å². The Morgan fingerprint density at radius 2 is 1.71 bits per heavy atom. The maximum Gasteiger partial charge on any atom is 0.306 e. The zero-order chi connectivity index (χ0) is 16.0. The molecule has 1 aromatic carbocycles. The van der Waals surface area contributed by atoms with Gasteiger partial charge in [0.05, 0.1) is 13.5 Å². The van der Waals surface area contributed by atoms with E-state index in [1.165, 1.54) is 12.7 Å². The van der Waals surface area contributed by atoms with Crippen molar-refractivity contribution in [1.82, 2.24) is 5.32 Å². The number of thiocarbonyl (C=S) groups is 1. The molecule has 1 amide bonds. The molecule has 5 nitrogen and oxygen atoms in total. The second-order valence-electron chi connectivity index (χ2n) is 4.85. The van der Waals surface area contributed by atoms with Gasteiger partial charge in [-0.2, -0.15) is 0 Å². The van der Waals surface area contributed by atoms with Gasteiger partial charge in [0.25, 0.3) is 0 Å². The zero-order valence-corrected chi connectivity index (χ0v) is 13.5. The highest BCUT2D eigenvalue weighted by Crippen LogP contribution is 2.21. The lowest BCUT2D eigenvalue weighted by molar-refractivity contribution is -0.142. The van der Waals surface area contributed by atoms with Gasteiger partial charge in [0.15, 0.2) is 5.11 Å². The summed E-state index contributed by atoms with van der Waals surface area (Å²) in [6, 6.07) is 4.08. The molecule has 21 heavy (non-hydrogen) atoms. The monoisotopic (exact) mass is 308 g/mol. The molecule has 1 rings (SSSR count). The van der Waals surface area contributed by atoms with E-state index >= 15 is 0 Å². The molecule has 2 N–H and O–H groups in total. The third kappa shape index (κ3) is 5.51. The van der Waals surface area contributed by atoms with Crippen molar-refractivity contribution >= 4 is 34.9 Å². The van der Waals surface area contributed by atoms with Crippen LogP contribution in [-0.4, -0.2) is 24.1 Å². The van der Waals surface area contributed by atoms with Gasteiger partial charge in [-0.3, -0.25) is 9.59 Å². The Morgan fingerprint density at radius 1 is 1.14 bits per heavy atom. The van der Waals surface area contributed by atoms with Crippen LogP contribution in [0.2, 0.25) is 0 Å². The summed E-state index contributed by atoms with van der Waals surface area (Å²) < 4.78 is 4.48. The average Bonchev–Trinajstić information content (AvgIpc) is 2.40. The topological polar surface area (TPSA) is 67.4 Å². The van der Waals surface area contributed by atoms with E-state index in [0.29, 0.717) is 0 Å². The van der Waals surface area contributed by atoms with E-state index in [-0.39, 0.29) is 23.9 Å². The van der Waals surface area contributed by atoms with Crippen LogP contribution in [0.1, 0.15) is 29.5 Å². The van der Waals surface area contributed by atoms with Gasteiger partial charge in [-0.25, -0.2) is 0 Å². The Morgan fingerprint density at radius 3 is 2.24 bits per heavy atom. The number of hydrogen-bond donors (Lipinski definition) is 2. The van der Waals surface area contributed by atoms with Crippen LogP contribution >= 0.6 is 12.2 Å². The number of hydrogen-bond acceptors (Lipinski definition) is 4. The number of methoxy groups -OCH3 is 1. The number of esters is 1. The van der Waals surface area contributed by atoms with Crippen LogP contribution in [-0.2, 0) is 14.3 Å². The van der Waals surface area contributed by atoms with Gasteiger partial charge in [-0.05, 0) is 44.1 Å². The summed E-state index contributed by atoms with van der Waals surface area (Å²) in [5, 5.41) is 5.79. The second kappa shape index (κ2) is 7.73. The minimum Gasteiger partial charge on any atom is -0.469 e. The Balaban J connectivity index is 2.58. The van der Waals surface area contributed by atoms with Crippen molar-refractivity contribution in [2.45, 2.75) is 33.6 Å². The van der Waals surface area contributed by atoms with Crippen molar-refractivity contribution in [1.29, 1.82) is 0 Å². The van der Waals surface area contributed by atoms with Crippen molar-refractivity contribution in [2.24, 2.45) is 0 Å². The Labute approximate surface area is 130 Å². The summed E-state index contributed by atoms with van der Waals surface area (Å²) in [7, 11) is 1.29. The summed E-state index contributed by atoms with van der Waals surface area (Å²) in [5.74, 6) is -0.741. The van der Waals surface area contributed by atoms with Gasteiger partial charge in [-0.15, -0.1) is 0 Å². The molecule has 1 aromatic rings. The first kappa shape index (κ1) is 17.1. The first-order valence-corrected chi connectivity index (χ1v) is 6.99. The van der Waals surface area contributed by atoms with Crippen LogP contribution in [0.5, 0.6) is 0 Å². The number of benzene rings is 1. The SMILES string of the molecule is COC(=O)CCC(=O)NC(=S)Nc1c(C)cc(C)cc1C. The molecule has 0 saturated heterocycles. The predicted octanol–water partition coefficient (Wildman–Crippen LogP) is 2.38. The molecular weight excluding hydrogens is 288 g/mol. The van der Waals surface area contributed by atoms with Crippen LogP contribution in [0, 0.1) is 20.8 Å². The predicted molar refractivity (Wildman–Crippen MR) is 86.3 cm³/mol. The largest absolute Gasteiger partial charge is 0.469 e.